The predicted molar refractivity (Wildman–Crippen MR) is 123 cm³/mol. The molecule has 0 N–H and O–H groups in total. The Morgan fingerprint density at radius 1 is 1.16 bits per heavy atom. The van der Waals surface area contributed by atoms with Gasteiger partial charge in [0.2, 0.25) is 5.88 Å². The Bertz CT molecular complexity index is 1210. The van der Waals surface area contributed by atoms with E-state index in [1.807, 2.05) is 17.9 Å². The first-order valence-corrected chi connectivity index (χ1v) is 11.6. The highest BCUT2D eigenvalue weighted by atomic mass is 32.1. The van der Waals surface area contributed by atoms with E-state index in [1.165, 1.54) is 9.71 Å². The van der Waals surface area contributed by atoms with E-state index < -0.39 is 0 Å². The molecule has 4 aromatic rings. The average Bonchev–Trinajstić information content (AvgIpc) is 3.48. The van der Waals surface area contributed by atoms with Crippen LogP contribution in [0.3, 0.4) is 0 Å². The molecule has 9 heteroatoms. The number of nitrogens with zero attached hydrogens (tertiary/aromatic N) is 6. The minimum atomic E-state index is 0.0253. The van der Waals surface area contributed by atoms with Crippen molar-refractivity contribution in [1.29, 1.82) is 0 Å². The second-order valence-electron chi connectivity index (χ2n) is 7.79. The summed E-state index contributed by atoms with van der Waals surface area (Å²) in [5.41, 5.74) is 2.53. The van der Waals surface area contributed by atoms with Gasteiger partial charge < -0.3 is 9.64 Å². The van der Waals surface area contributed by atoms with E-state index in [-0.39, 0.29) is 5.91 Å². The van der Waals surface area contributed by atoms with Crippen molar-refractivity contribution < 1.29 is 9.53 Å². The first-order valence-electron chi connectivity index (χ1n) is 10.8. The Labute approximate surface area is 189 Å². The Kier molecular flexibility index (Phi) is 5.57. The fourth-order valence-electron chi connectivity index (χ4n) is 4.19. The van der Waals surface area contributed by atoms with E-state index >= 15 is 0 Å². The van der Waals surface area contributed by atoms with Crippen molar-refractivity contribution in [2.75, 3.05) is 20.2 Å². The number of hydrogen-bond acceptors (Lipinski definition) is 7. The van der Waals surface area contributed by atoms with Gasteiger partial charge in [-0.25, -0.2) is 9.67 Å². The Balaban J connectivity index is 1.31. The molecular weight excluding hydrogens is 424 g/mol. The van der Waals surface area contributed by atoms with Crippen LogP contribution in [-0.2, 0) is 6.42 Å². The number of benzene rings is 1. The summed E-state index contributed by atoms with van der Waals surface area (Å²) in [6.45, 7) is 3.45. The number of ether oxygens (including phenoxy) is 1. The van der Waals surface area contributed by atoms with Crippen LogP contribution in [-0.4, -0.2) is 56.0 Å². The zero-order valence-electron chi connectivity index (χ0n) is 18.1. The molecule has 0 atom stereocenters. The minimum absolute atomic E-state index is 0.0253. The average molecular weight is 449 g/mol. The van der Waals surface area contributed by atoms with E-state index in [0.717, 1.165) is 37.1 Å². The van der Waals surface area contributed by atoms with Crippen molar-refractivity contribution in [3.8, 4) is 11.7 Å². The summed E-state index contributed by atoms with van der Waals surface area (Å²) in [6.07, 6.45) is 4.15. The van der Waals surface area contributed by atoms with E-state index in [0.29, 0.717) is 29.6 Å². The molecule has 32 heavy (non-hydrogen) atoms. The lowest BCUT2D eigenvalue weighted by Gasteiger charge is -2.31. The fourth-order valence-corrected chi connectivity index (χ4v) is 5.33. The van der Waals surface area contributed by atoms with Crippen LogP contribution in [0.5, 0.6) is 5.88 Å². The van der Waals surface area contributed by atoms with Crippen LogP contribution in [0, 0.1) is 0 Å². The molecular formula is C23H24N6O2S. The summed E-state index contributed by atoms with van der Waals surface area (Å²) >= 11 is 1.77. The maximum Gasteiger partial charge on any atom is 0.257 e. The van der Waals surface area contributed by atoms with Crippen molar-refractivity contribution in [1.82, 2.24) is 29.9 Å². The molecule has 1 aliphatic heterocycles. The van der Waals surface area contributed by atoms with Gasteiger partial charge in [-0.1, -0.05) is 19.1 Å². The number of amides is 1. The number of methoxy groups -OCH3 is 1. The Morgan fingerprint density at radius 3 is 2.66 bits per heavy atom. The number of carbonyl (C=O) groups excluding carboxylic acids is 1. The summed E-state index contributed by atoms with van der Waals surface area (Å²) in [4.78, 5) is 20.1. The molecule has 0 saturated carbocycles. The monoisotopic (exact) mass is 448 g/mol. The maximum atomic E-state index is 13.3. The lowest BCUT2D eigenvalue weighted by Crippen LogP contribution is -2.38. The molecule has 5 rings (SSSR count). The van der Waals surface area contributed by atoms with Crippen LogP contribution < -0.4 is 4.74 Å². The molecule has 1 fully saturated rings. The van der Waals surface area contributed by atoms with E-state index in [1.54, 1.807) is 41.5 Å². The van der Waals surface area contributed by atoms with Gasteiger partial charge in [-0.2, -0.15) is 5.10 Å². The van der Waals surface area contributed by atoms with Crippen LogP contribution in [0.4, 0.5) is 0 Å². The van der Waals surface area contributed by atoms with Gasteiger partial charge in [-0.05, 0) is 37.5 Å². The number of carbonyl (C=O) groups is 1. The highest BCUT2D eigenvalue weighted by Gasteiger charge is 2.29. The van der Waals surface area contributed by atoms with Crippen molar-refractivity contribution in [3.63, 3.8) is 0 Å². The topological polar surface area (TPSA) is 86.0 Å². The third-order valence-corrected chi connectivity index (χ3v) is 7.13. The minimum Gasteiger partial charge on any atom is -0.480 e. The van der Waals surface area contributed by atoms with Crippen LogP contribution in [0.25, 0.3) is 16.0 Å². The van der Waals surface area contributed by atoms with Crippen LogP contribution in [0.2, 0.25) is 0 Å². The zero-order chi connectivity index (χ0) is 22.1. The number of thiazole rings is 1. The second-order valence-corrected chi connectivity index (χ2v) is 8.85. The van der Waals surface area contributed by atoms with E-state index in [2.05, 4.69) is 33.5 Å². The number of piperidine rings is 1. The number of fused-ring (bicyclic) bond motifs is 1. The Hall–Kier alpha value is -3.33. The number of aromatic nitrogens is 5. The molecule has 1 saturated heterocycles. The van der Waals surface area contributed by atoms with E-state index in [4.69, 9.17) is 9.72 Å². The number of rotatable bonds is 5. The molecule has 0 unspecified atom stereocenters. The predicted octanol–water partition coefficient (Wildman–Crippen LogP) is 3.86. The SMILES string of the molecule is CCc1c(C(=O)N2CCC(c3nc4ccccc4s3)CC2)cnn1-c1ccc(OC)nn1. The maximum absolute atomic E-state index is 13.3. The molecule has 0 radical (unpaired) electrons. The number of para-hydroxylation sites is 1. The summed E-state index contributed by atoms with van der Waals surface area (Å²) in [5.74, 6) is 1.43. The van der Waals surface area contributed by atoms with Crippen molar-refractivity contribution in [2.45, 2.75) is 32.1 Å². The molecule has 1 amide bonds. The largest absolute Gasteiger partial charge is 0.480 e. The molecule has 4 heterocycles. The summed E-state index contributed by atoms with van der Waals surface area (Å²) < 4.78 is 7.99. The third kappa shape index (κ3) is 3.73. The molecule has 8 nitrogen and oxygen atoms in total. The van der Waals surface area contributed by atoms with Gasteiger partial charge in [-0.15, -0.1) is 21.5 Å². The third-order valence-electron chi connectivity index (χ3n) is 5.93. The van der Waals surface area contributed by atoms with Crippen molar-refractivity contribution in [3.05, 3.63) is 58.9 Å². The van der Waals surface area contributed by atoms with Crippen LogP contribution in [0.1, 0.15) is 46.7 Å². The fraction of sp³-hybridized carbons (Fsp3) is 0.348. The zero-order valence-corrected chi connectivity index (χ0v) is 18.9. The molecule has 0 aliphatic carbocycles. The second kappa shape index (κ2) is 8.66. The lowest BCUT2D eigenvalue weighted by molar-refractivity contribution is 0.0712. The van der Waals surface area contributed by atoms with Gasteiger partial charge in [0, 0.05) is 25.1 Å². The van der Waals surface area contributed by atoms with E-state index in [9.17, 15) is 4.79 Å². The van der Waals surface area contributed by atoms with Gasteiger partial charge in [0.25, 0.3) is 5.91 Å². The van der Waals surface area contributed by atoms with Gasteiger partial charge in [0.1, 0.15) is 0 Å². The summed E-state index contributed by atoms with van der Waals surface area (Å²) in [5, 5.41) is 13.8. The standard InChI is InChI=1S/C23H24N6O2S/c1-3-18-16(14-24-29(18)20-8-9-21(31-2)27-26-20)23(30)28-12-10-15(11-13-28)22-25-17-6-4-5-7-19(17)32-22/h4-9,14-15H,3,10-13H2,1-2H3. The molecule has 164 valence electrons. The van der Waals surface area contributed by atoms with Gasteiger partial charge in [-0.3, -0.25) is 4.79 Å². The lowest BCUT2D eigenvalue weighted by atomic mass is 9.97. The highest BCUT2D eigenvalue weighted by molar-refractivity contribution is 7.18. The first kappa shape index (κ1) is 20.6. The van der Waals surface area contributed by atoms with Crippen LogP contribution >= 0.6 is 11.3 Å². The van der Waals surface area contributed by atoms with Gasteiger partial charge in [0.05, 0.1) is 39.8 Å². The number of hydrogen-bond donors (Lipinski definition) is 0. The number of likely N-dealkylation sites (tertiary alicyclic amines) is 1. The molecule has 1 aromatic carbocycles. The van der Waals surface area contributed by atoms with Crippen molar-refractivity contribution >= 4 is 27.5 Å². The van der Waals surface area contributed by atoms with Gasteiger partial charge in [0.15, 0.2) is 5.82 Å². The van der Waals surface area contributed by atoms with Crippen LogP contribution in [0.15, 0.2) is 42.6 Å². The highest BCUT2D eigenvalue weighted by Crippen LogP contribution is 2.34. The summed E-state index contributed by atoms with van der Waals surface area (Å²) in [7, 11) is 1.55. The normalized spacial score (nSPS) is 14.8. The molecule has 3 aromatic heterocycles. The molecule has 0 spiro atoms. The molecule has 1 aliphatic rings. The smallest absolute Gasteiger partial charge is 0.257 e. The Morgan fingerprint density at radius 2 is 1.97 bits per heavy atom. The van der Waals surface area contributed by atoms with Gasteiger partial charge >= 0.3 is 0 Å². The first-order chi connectivity index (χ1) is 15.7. The van der Waals surface area contributed by atoms with Crippen molar-refractivity contribution in [2.24, 2.45) is 0 Å². The quantitative estimate of drug-likeness (QED) is 0.461. The molecule has 0 bridgehead atoms. The summed E-state index contributed by atoms with van der Waals surface area (Å²) in [6, 6.07) is 11.8.